The molecule has 0 aliphatic rings. The zero-order valence-electron chi connectivity index (χ0n) is 12.3. The third-order valence-corrected chi connectivity index (χ3v) is 3.72. The van der Waals surface area contributed by atoms with Gasteiger partial charge in [-0.15, -0.1) is 0 Å². The number of nitrogens with two attached hydrogens (primary N) is 1. The van der Waals surface area contributed by atoms with Crippen LogP contribution in [-0.4, -0.2) is 19.7 Å². The molecule has 0 amide bonds. The summed E-state index contributed by atoms with van der Waals surface area (Å²) in [7, 11) is 0. The molecular weight excluding hydrogens is 328 g/mol. The number of anilines is 2. The second-order valence-corrected chi connectivity index (χ2v) is 5.80. The molecule has 0 fully saturated rings. The summed E-state index contributed by atoms with van der Waals surface area (Å²) in [6, 6.07) is 15.9. The lowest BCUT2D eigenvalue weighted by molar-refractivity contribution is 0.323. The number of hydrogen-bond acceptors (Lipinski definition) is 3. The molecule has 0 aliphatic heterocycles. The van der Waals surface area contributed by atoms with Gasteiger partial charge in [0.2, 0.25) is 0 Å². The van der Waals surface area contributed by atoms with Gasteiger partial charge in [-0.3, -0.25) is 0 Å². The molecule has 0 atom stereocenters. The van der Waals surface area contributed by atoms with Crippen LogP contribution in [0.2, 0.25) is 0 Å². The number of nitrogens with zero attached hydrogens (tertiary/aromatic N) is 1. The predicted octanol–water partition coefficient (Wildman–Crippen LogP) is 4.33. The Bertz CT molecular complexity index is 540. The van der Waals surface area contributed by atoms with E-state index < -0.39 is 0 Å². The molecule has 0 spiro atoms. The van der Waals surface area contributed by atoms with Crippen LogP contribution in [-0.2, 0) is 0 Å². The molecule has 0 aromatic heterocycles. The highest BCUT2D eigenvalue weighted by atomic mass is 79.9. The first-order valence-corrected chi connectivity index (χ1v) is 7.97. The maximum atomic E-state index is 5.80. The van der Waals surface area contributed by atoms with Crippen LogP contribution >= 0.6 is 15.9 Å². The van der Waals surface area contributed by atoms with Crippen LogP contribution in [0.3, 0.4) is 0 Å². The maximum Gasteiger partial charge on any atom is 0.119 e. The first-order valence-electron chi connectivity index (χ1n) is 7.18. The molecule has 0 unspecified atom stereocenters. The first-order chi connectivity index (χ1) is 10.2. The fourth-order valence-corrected chi connectivity index (χ4v) is 2.39. The van der Waals surface area contributed by atoms with E-state index in [0.29, 0.717) is 6.61 Å². The van der Waals surface area contributed by atoms with E-state index in [1.54, 1.807) is 0 Å². The highest BCUT2D eigenvalue weighted by molar-refractivity contribution is 9.10. The van der Waals surface area contributed by atoms with Gasteiger partial charge in [0.1, 0.15) is 12.4 Å². The lowest BCUT2D eigenvalue weighted by atomic mass is 10.2. The lowest BCUT2D eigenvalue weighted by Crippen LogP contribution is -2.29. The monoisotopic (exact) mass is 348 g/mol. The quantitative estimate of drug-likeness (QED) is 0.757. The summed E-state index contributed by atoms with van der Waals surface area (Å²) in [4.78, 5) is 2.32. The summed E-state index contributed by atoms with van der Waals surface area (Å²) < 4.78 is 6.86. The Balaban J connectivity index is 1.90. The predicted molar refractivity (Wildman–Crippen MR) is 93.0 cm³/mol. The van der Waals surface area contributed by atoms with Crippen LogP contribution in [0.4, 0.5) is 11.4 Å². The van der Waals surface area contributed by atoms with Crippen LogP contribution in [0.15, 0.2) is 53.0 Å². The van der Waals surface area contributed by atoms with Crippen LogP contribution in [0.5, 0.6) is 5.75 Å². The molecule has 2 aromatic rings. The summed E-state index contributed by atoms with van der Waals surface area (Å²) >= 11 is 3.42. The summed E-state index contributed by atoms with van der Waals surface area (Å²) in [5.74, 6) is 0.895. The van der Waals surface area contributed by atoms with Gasteiger partial charge in [-0.2, -0.15) is 0 Å². The van der Waals surface area contributed by atoms with Gasteiger partial charge in [0.25, 0.3) is 0 Å². The van der Waals surface area contributed by atoms with Gasteiger partial charge in [0.05, 0.1) is 6.54 Å². The smallest absolute Gasteiger partial charge is 0.119 e. The molecule has 0 saturated carbocycles. The van der Waals surface area contributed by atoms with E-state index in [4.69, 9.17) is 10.5 Å². The molecule has 21 heavy (non-hydrogen) atoms. The SMILES string of the molecule is CCCN(CCOc1ccc(Br)cc1)c1ccc(N)cc1. The number of benzene rings is 2. The van der Waals surface area contributed by atoms with Crippen molar-refractivity contribution in [3.05, 3.63) is 53.0 Å². The molecule has 0 saturated heterocycles. The number of hydrogen-bond donors (Lipinski definition) is 1. The average Bonchev–Trinajstić information content (AvgIpc) is 2.49. The third-order valence-electron chi connectivity index (χ3n) is 3.20. The third kappa shape index (κ3) is 4.97. The van der Waals surface area contributed by atoms with E-state index in [1.165, 1.54) is 5.69 Å². The Hall–Kier alpha value is -1.68. The van der Waals surface area contributed by atoms with Crippen molar-refractivity contribution in [2.45, 2.75) is 13.3 Å². The highest BCUT2D eigenvalue weighted by Gasteiger charge is 2.05. The molecule has 0 heterocycles. The van der Waals surface area contributed by atoms with Gasteiger partial charge in [-0.25, -0.2) is 0 Å². The van der Waals surface area contributed by atoms with E-state index in [-0.39, 0.29) is 0 Å². The molecule has 2 rings (SSSR count). The molecule has 2 N–H and O–H groups in total. The summed E-state index contributed by atoms with van der Waals surface area (Å²) in [6.07, 6.45) is 1.10. The van der Waals surface area contributed by atoms with Crippen molar-refractivity contribution < 1.29 is 4.74 Å². The van der Waals surface area contributed by atoms with E-state index in [0.717, 1.165) is 35.4 Å². The van der Waals surface area contributed by atoms with Crippen LogP contribution in [0, 0.1) is 0 Å². The Labute approximate surface area is 134 Å². The van der Waals surface area contributed by atoms with Crippen molar-refractivity contribution in [3.63, 3.8) is 0 Å². The van der Waals surface area contributed by atoms with E-state index >= 15 is 0 Å². The molecule has 4 heteroatoms. The minimum atomic E-state index is 0.659. The average molecular weight is 349 g/mol. The van der Waals surface area contributed by atoms with Gasteiger partial charge in [0, 0.05) is 22.4 Å². The second-order valence-electron chi connectivity index (χ2n) is 4.88. The number of rotatable bonds is 7. The molecule has 0 aliphatic carbocycles. The largest absolute Gasteiger partial charge is 0.492 e. The summed E-state index contributed by atoms with van der Waals surface area (Å²) in [6.45, 7) is 4.70. The summed E-state index contributed by atoms with van der Waals surface area (Å²) in [5.41, 5.74) is 7.72. The Morgan fingerprint density at radius 3 is 2.29 bits per heavy atom. The first kappa shape index (κ1) is 15.7. The van der Waals surface area contributed by atoms with Crippen molar-refractivity contribution in [1.82, 2.24) is 0 Å². The lowest BCUT2D eigenvalue weighted by Gasteiger charge is -2.24. The van der Waals surface area contributed by atoms with Crippen LogP contribution in [0.1, 0.15) is 13.3 Å². The van der Waals surface area contributed by atoms with Crippen molar-refractivity contribution in [3.8, 4) is 5.75 Å². The van der Waals surface area contributed by atoms with Crippen molar-refractivity contribution >= 4 is 27.3 Å². The van der Waals surface area contributed by atoms with E-state index in [9.17, 15) is 0 Å². The fraction of sp³-hybridized carbons (Fsp3) is 0.294. The molecule has 0 bridgehead atoms. The molecule has 0 radical (unpaired) electrons. The zero-order chi connectivity index (χ0) is 15.1. The Morgan fingerprint density at radius 1 is 1.00 bits per heavy atom. The minimum Gasteiger partial charge on any atom is -0.492 e. The van der Waals surface area contributed by atoms with E-state index in [1.807, 2.05) is 36.4 Å². The summed E-state index contributed by atoms with van der Waals surface area (Å²) in [5, 5.41) is 0. The van der Waals surface area contributed by atoms with E-state index in [2.05, 4.69) is 39.9 Å². The molecule has 112 valence electrons. The van der Waals surface area contributed by atoms with Gasteiger partial charge in [-0.1, -0.05) is 22.9 Å². The molecule has 3 nitrogen and oxygen atoms in total. The zero-order valence-corrected chi connectivity index (χ0v) is 13.8. The number of halogens is 1. The minimum absolute atomic E-state index is 0.659. The number of ether oxygens (including phenoxy) is 1. The maximum absolute atomic E-state index is 5.80. The van der Waals surface area contributed by atoms with Crippen molar-refractivity contribution in [1.29, 1.82) is 0 Å². The normalized spacial score (nSPS) is 10.4. The fourth-order valence-electron chi connectivity index (χ4n) is 2.13. The number of nitrogen functional groups attached to an aromatic ring is 1. The van der Waals surface area contributed by atoms with Gasteiger partial charge >= 0.3 is 0 Å². The van der Waals surface area contributed by atoms with Crippen molar-refractivity contribution in [2.24, 2.45) is 0 Å². The topological polar surface area (TPSA) is 38.5 Å². The van der Waals surface area contributed by atoms with Gasteiger partial charge < -0.3 is 15.4 Å². The molecule has 2 aromatic carbocycles. The highest BCUT2D eigenvalue weighted by Crippen LogP contribution is 2.18. The molecular formula is C17H21BrN2O. The van der Waals surface area contributed by atoms with Gasteiger partial charge in [0.15, 0.2) is 0 Å². The standard InChI is InChI=1S/C17H21BrN2O/c1-2-11-20(16-7-5-15(19)6-8-16)12-13-21-17-9-3-14(18)4-10-17/h3-10H,2,11-13,19H2,1H3. The van der Waals surface area contributed by atoms with Gasteiger partial charge in [-0.05, 0) is 55.0 Å². The second kappa shape index (κ2) is 7.93. The Kier molecular flexibility index (Phi) is 5.93. The Morgan fingerprint density at radius 2 is 1.67 bits per heavy atom. The van der Waals surface area contributed by atoms with Crippen LogP contribution < -0.4 is 15.4 Å². The van der Waals surface area contributed by atoms with Crippen LogP contribution in [0.25, 0.3) is 0 Å². The van der Waals surface area contributed by atoms with Crippen molar-refractivity contribution in [2.75, 3.05) is 30.3 Å².